The molecule has 0 spiro atoms. The summed E-state index contributed by atoms with van der Waals surface area (Å²) in [6.07, 6.45) is -0.512. The number of carbonyl (C=O) groups is 1. The molecule has 2 aromatic carbocycles. The van der Waals surface area contributed by atoms with Crippen molar-refractivity contribution in [2.75, 3.05) is 12.4 Å². The average molecular weight is 423 g/mol. The van der Waals surface area contributed by atoms with Crippen LogP contribution in [0.1, 0.15) is 0 Å². The zero-order valence-electron chi connectivity index (χ0n) is 14.4. The number of fused-ring (bicyclic) bond motifs is 1. The molecule has 0 bridgehead atoms. The summed E-state index contributed by atoms with van der Waals surface area (Å²) in [5.74, 6) is 0. The highest BCUT2D eigenvalue weighted by molar-refractivity contribution is 9.10. The van der Waals surface area contributed by atoms with Crippen LogP contribution in [-0.4, -0.2) is 28.4 Å². The molecule has 0 fully saturated rings. The van der Waals surface area contributed by atoms with Gasteiger partial charge in [-0.3, -0.25) is 10.4 Å². The summed E-state index contributed by atoms with van der Waals surface area (Å²) in [4.78, 5) is 16.1. The molecular formula is C20H15BrN4O2. The van der Waals surface area contributed by atoms with Crippen molar-refractivity contribution < 1.29 is 9.53 Å². The summed E-state index contributed by atoms with van der Waals surface area (Å²) in [5, 5.41) is 11.0. The van der Waals surface area contributed by atoms with Crippen LogP contribution in [0.5, 0.6) is 0 Å². The van der Waals surface area contributed by atoms with Gasteiger partial charge in [-0.2, -0.15) is 5.10 Å². The van der Waals surface area contributed by atoms with Crippen LogP contribution in [0, 0.1) is 0 Å². The minimum atomic E-state index is -0.512. The third-order valence-electron chi connectivity index (χ3n) is 4.14. The molecule has 0 aliphatic heterocycles. The fourth-order valence-electron chi connectivity index (χ4n) is 2.82. The fourth-order valence-corrected chi connectivity index (χ4v) is 3.08. The van der Waals surface area contributed by atoms with E-state index < -0.39 is 6.09 Å². The Labute approximate surface area is 163 Å². The van der Waals surface area contributed by atoms with Gasteiger partial charge in [0, 0.05) is 26.7 Å². The van der Waals surface area contributed by atoms with Crippen molar-refractivity contribution in [2.45, 2.75) is 0 Å². The van der Waals surface area contributed by atoms with Crippen LogP contribution in [0.4, 0.5) is 10.5 Å². The van der Waals surface area contributed by atoms with E-state index in [1.165, 1.54) is 7.11 Å². The Bertz CT molecular complexity index is 1120. The second-order valence-electron chi connectivity index (χ2n) is 5.87. The van der Waals surface area contributed by atoms with Gasteiger partial charge >= 0.3 is 6.09 Å². The molecule has 0 atom stereocenters. The number of rotatable bonds is 3. The molecule has 0 aliphatic carbocycles. The van der Waals surface area contributed by atoms with Crippen molar-refractivity contribution in [3.63, 3.8) is 0 Å². The van der Waals surface area contributed by atoms with Crippen molar-refractivity contribution >= 4 is 38.7 Å². The number of hydrogen-bond donors (Lipinski definition) is 2. The number of nitrogens with one attached hydrogen (secondary N) is 2. The Hall–Kier alpha value is -3.19. The van der Waals surface area contributed by atoms with Crippen molar-refractivity contribution in [1.82, 2.24) is 15.2 Å². The number of hydrogen-bond acceptors (Lipinski definition) is 4. The first-order valence-corrected chi connectivity index (χ1v) is 9.00. The second kappa shape index (κ2) is 7.20. The number of aromatic nitrogens is 3. The quantitative estimate of drug-likeness (QED) is 0.473. The molecule has 6 nitrogen and oxygen atoms in total. The molecule has 27 heavy (non-hydrogen) atoms. The number of anilines is 1. The van der Waals surface area contributed by atoms with Crippen LogP contribution in [0.15, 0.2) is 65.1 Å². The van der Waals surface area contributed by atoms with Crippen molar-refractivity contribution in [3.8, 4) is 22.5 Å². The highest BCUT2D eigenvalue weighted by Gasteiger charge is 2.11. The molecule has 2 aromatic heterocycles. The van der Waals surface area contributed by atoms with E-state index in [1.807, 2.05) is 54.6 Å². The monoisotopic (exact) mass is 422 g/mol. The van der Waals surface area contributed by atoms with Gasteiger partial charge < -0.3 is 4.74 Å². The third kappa shape index (κ3) is 3.54. The van der Waals surface area contributed by atoms with Crippen LogP contribution >= 0.6 is 15.9 Å². The maximum absolute atomic E-state index is 11.4. The lowest BCUT2D eigenvalue weighted by Crippen LogP contribution is -2.10. The number of methoxy groups -OCH3 is 1. The van der Waals surface area contributed by atoms with E-state index in [4.69, 9.17) is 0 Å². The van der Waals surface area contributed by atoms with Gasteiger partial charge in [-0.05, 0) is 36.4 Å². The summed E-state index contributed by atoms with van der Waals surface area (Å²) < 4.78 is 5.65. The molecule has 0 radical (unpaired) electrons. The van der Waals surface area contributed by atoms with Crippen molar-refractivity contribution in [1.29, 1.82) is 0 Å². The number of benzene rings is 2. The SMILES string of the molecule is COC(=O)Nc1cccc(-c2ccc3c(-c4ccc(Br)cc4)[nH]nc3n2)c1. The molecule has 0 saturated heterocycles. The van der Waals surface area contributed by atoms with Gasteiger partial charge in [0.2, 0.25) is 0 Å². The molecule has 0 unspecified atom stereocenters. The van der Waals surface area contributed by atoms with E-state index in [0.717, 1.165) is 32.4 Å². The molecule has 4 aromatic rings. The molecular weight excluding hydrogens is 408 g/mol. The van der Waals surface area contributed by atoms with E-state index >= 15 is 0 Å². The smallest absolute Gasteiger partial charge is 0.411 e. The molecule has 134 valence electrons. The number of amides is 1. The summed E-state index contributed by atoms with van der Waals surface area (Å²) in [5.41, 5.74) is 4.89. The Morgan fingerprint density at radius 3 is 2.67 bits per heavy atom. The zero-order chi connectivity index (χ0) is 18.8. The summed E-state index contributed by atoms with van der Waals surface area (Å²) in [7, 11) is 1.33. The Morgan fingerprint density at radius 2 is 1.89 bits per heavy atom. The lowest BCUT2D eigenvalue weighted by Gasteiger charge is -2.06. The standard InChI is InChI=1S/C20H15BrN4O2/c1-27-20(26)22-15-4-2-3-13(11-15)17-10-9-16-18(24-25-19(16)23-17)12-5-7-14(21)8-6-12/h2-11H,1H3,(H,22,26)(H,23,24,25). The lowest BCUT2D eigenvalue weighted by atomic mass is 10.1. The van der Waals surface area contributed by atoms with Crippen molar-refractivity contribution in [3.05, 3.63) is 65.1 Å². The van der Waals surface area contributed by atoms with Gasteiger partial charge in [-0.1, -0.05) is 40.2 Å². The zero-order valence-corrected chi connectivity index (χ0v) is 15.9. The number of carbonyl (C=O) groups excluding carboxylic acids is 1. The summed E-state index contributed by atoms with van der Waals surface area (Å²) in [6, 6.07) is 19.4. The number of ether oxygens (including phenoxy) is 1. The Kier molecular flexibility index (Phi) is 4.60. The molecule has 2 heterocycles. The molecule has 0 saturated carbocycles. The van der Waals surface area contributed by atoms with Crippen molar-refractivity contribution in [2.24, 2.45) is 0 Å². The molecule has 2 N–H and O–H groups in total. The van der Waals surface area contributed by atoms with Gasteiger partial charge in [0.15, 0.2) is 5.65 Å². The molecule has 7 heteroatoms. The van der Waals surface area contributed by atoms with Crippen LogP contribution in [-0.2, 0) is 4.74 Å². The van der Waals surface area contributed by atoms with Crippen LogP contribution in [0.2, 0.25) is 0 Å². The summed E-state index contributed by atoms with van der Waals surface area (Å²) >= 11 is 3.45. The second-order valence-corrected chi connectivity index (χ2v) is 6.79. The van der Waals surface area contributed by atoms with Gasteiger partial charge in [0.25, 0.3) is 0 Å². The topological polar surface area (TPSA) is 79.9 Å². The van der Waals surface area contributed by atoms with Gasteiger partial charge in [0.1, 0.15) is 0 Å². The molecule has 1 amide bonds. The van der Waals surface area contributed by atoms with E-state index in [-0.39, 0.29) is 0 Å². The minimum Gasteiger partial charge on any atom is -0.453 e. The first-order valence-electron chi connectivity index (χ1n) is 8.20. The predicted molar refractivity (Wildman–Crippen MR) is 108 cm³/mol. The lowest BCUT2D eigenvalue weighted by molar-refractivity contribution is 0.187. The highest BCUT2D eigenvalue weighted by Crippen LogP contribution is 2.29. The van der Waals surface area contributed by atoms with Gasteiger partial charge in [-0.15, -0.1) is 0 Å². The molecule has 4 rings (SSSR count). The third-order valence-corrected chi connectivity index (χ3v) is 4.67. The van der Waals surface area contributed by atoms with Gasteiger partial charge in [0.05, 0.1) is 18.5 Å². The van der Waals surface area contributed by atoms with E-state index in [1.54, 1.807) is 6.07 Å². The maximum atomic E-state index is 11.4. The van der Waals surface area contributed by atoms with E-state index in [9.17, 15) is 4.79 Å². The maximum Gasteiger partial charge on any atom is 0.411 e. The normalized spacial score (nSPS) is 10.7. The van der Waals surface area contributed by atoms with Crippen LogP contribution in [0.25, 0.3) is 33.5 Å². The number of nitrogens with zero attached hydrogens (tertiary/aromatic N) is 2. The number of H-pyrrole nitrogens is 1. The minimum absolute atomic E-state index is 0.512. The average Bonchev–Trinajstić information content (AvgIpc) is 3.12. The Balaban J connectivity index is 1.70. The number of aromatic amines is 1. The molecule has 0 aliphatic rings. The van der Waals surface area contributed by atoms with E-state index in [2.05, 4.69) is 41.2 Å². The Morgan fingerprint density at radius 1 is 1.07 bits per heavy atom. The van der Waals surface area contributed by atoms with Gasteiger partial charge in [-0.25, -0.2) is 9.78 Å². The fraction of sp³-hybridized carbons (Fsp3) is 0.0500. The number of halogens is 1. The van der Waals surface area contributed by atoms with Crippen LogP contribution in [0.3, 0.4) is 0 Å². The van der Waals surface area contributed by atoms with E-state index in [0.29, 0.717) is 11.3 Å². The first-order chi connectivity index (χ1) is 13.1. The first kappa shape index (κ1) is 17.2. The van der Waals surface area contributed by atoms with Crippen LogP contribution < -0.4 is 5.32 Å². The predicted octanol–water partition coefficient (Wildman–Crippen LogP) is 5.23. The largest absolute Gasteiger partial charge is 0.453 e. The number of pyridine rings is 1. The summed E-state index contributed by atoms with van der Waals surface area (Å²) in [6.45, 7) is 0. The highest BCUT2D eigenvalue weighted by atomic mass is 79.9.